The summed E-state index contributed by atoms with van der Waals surface area (Å²) in [6, 6.07) is 14.6. The van der Waals surface area contributed by atoms with Gasteiger partial charge in [-0.2, -0.15) is 0 Å². The van der Waals surface area contributed by atoms with Crippen LogP contribution in [0.4, 0.5) is 0 Å². The van der Waals surface area contributed by atoms with Crippen LogP contribution in [0.3, 0.4) is 0 Å². The molecule has 3 rings (SSSR count). The first-order chi connectivity index (χ1) is 15.2. The van der Waals surface area contributed by atoms with Crippen molar-refractivity contribution in [3.05, 3.63) is 65.2 Å². The maximum absolute atomic E-state index is 12.5. The highest BCUT2D eigenvalue weighted by molar-refractivity contribution is 7.89. The minimum Gasteiger partial charge on any atom is -0.343 e. The van der Waals surface area contributed by atoms with Crippen molar-refractivity contribution in [2.45, 2.75) is 50.8 Å². The lowest BCUT2D eigenvalue weighted by Gasteiger charge is -2.32. The number of hydrogen-bond acceptors (Lipinski definition) is 4. The molecule has 1 aliphatic rings. The standard InChI is InChI=1S/C25H32N2O4S/c1-19-6-8-21(9-7-19)10-11-22-13-16-27(17-14-22)25(29)12-15-26-32(30,31)24-5-3-4-23(18-24)20(2)28/h3-9,18,22,26H,10-17H2,1-2H3. The van der Waals surface area contributed by atoms with Crippen LogP contribution in [-0.4, -0.2) is 44.6 Å². The third-order valence-corrected chi connectivity index (χ3v) is 7.57. The molecule has 0 spiro atoms. The number of carbonyl (C=O) groups excluding carboxylic acids is 2. The normalized spacial score (nSPS) is 15.0. The van der Waals surface area contributed by atoms with Crippen LogP contribution >= 0.6 is 0 Å². The minimum atomic E-state index is -3.76. The van der Waals surface area contributed by atoms with Crippen LogP contribution in [0.1, 0.15) is 54.1 Å². The number of nitrogens with zero attached hydrogens (tertiary/aromatic N) is 1. The van der Waals surface area contributed by atoms with Crippen LogP contribution in [0.2, 0.25) is 0 Å². The lowest BCUT2D eigenvalue weighted by molar-refractivity contribution is -0.132. The van der Waals surface area contributed by atoms with Gasteiger partial charge in [0.05, 0.1) is 4.90 Å². The number of hydrogen-bond donors (Lipinski definition) is 1. The summed E-state index contributed by atoms with van der Waals surface area (Å²) < 4.78 is 27.4. The van der Waals surface area contributed by atoms with Crippen LogP contribution in [0.25, 0.3) is 0 Å². The van der Waals surface area contributed by atoms with Gasteiger partial charge in [0.2, 0.25) is 15.9 Å². The van der Waals surface area contributed by atoms with Crippen molar-refractivity contribution in [1.82, 2.24) is 9.62 Å². The Hall–Kier alpha value is -2.51. The number of aryl methyl sites for hydroxylation is 2. The van der Waals surface area contributed by atoms with Crippen LogP contribution < -0.4 is 4.72 Å². The lowest BCUT2D eigenvalue weighted by Crippen LogP contribution is -2.40. The van der Waals surface area contributed by atoms with Crippen LogP contribution in [-0.2, 0) is 21.2 Å². The van der Waals surface area contributed by atoms with Crippen molar-refractivity contribution in [3.8, 4) is 0 Å². The second-order valence-electron chi connectivity index (χ2n) is 8.58. The third kappa shape index (κ3) is 6.74. The van der Waals surface area contributed by atoms with Gasteiger partial charge in [-0.1, -0.05) is 42.0 Å². The molecule has 2 aromatic carbocycles. The zero-order valence-corrected chi connectivity index (χ0v) is 19.7. The van der Waals surface area contributed by atoms with Gasteiger partial charge in [-0.15, -0.1) is 0 Å². The van der Waals surface area contributed by atoms with E-state index in [1.54, 1.807) is 12.1 Å². The minimum absolute atomic E-state index is 0.0258. The molecule has 1 saturated heterocycles. The molecular formula is C25H32N2O4S. The van der Waals surface area contributed by atoms with Crippen molar-refractivity contribution in [2.75, 3.05) is 19.6 Å². The number of piperidine rings is 1. The zero-order valence-electron chi connectivity index (χ0n) is 18.8. The number of ketones is 1. The molecule has 1 heterocycles. The van der Waals surface area contributed by atoms with E-state index < -0.39 is 10.0 Å². The van der Waals surface area contributed by atoms with Crippen LogP contribution in [0.5, 0.6) is 0 Å². The molecule has 0 aromatic heterocycles. The van der Waals surface area contributed by atoms with E-state index in [4.69, 9.17) is 0 Å². The number of Topliss-reactive ketones (excluding diaryl/α,β-unsaturated/α-hetero) is 1. The summed E-state index contributed by atoms with van der Waals surface area (Å²) in [5.41, 5.74) is 2.97. The van der Waals surface area contributed by atoms with E-state index in [1.165, 1.54) is 30.2 Å². The Balaban J connectivity index is 1.40. The number of benzene rings is 2. The summed E-state index contributed by atoms with van der Waals surface area (Å²) in [5.74, 6) is 0.397. The molecule has 1 N–H and O–H groups in total. The van der Waals surface area contributed by atoms with Gasteiger partial charge in [-0.3, -0.25) is 9.59 Å². The first kappa shape index (κ1) is 24.1. The molecule has 32 heavy (non-hydrogen) atoms. The molecule has 0 atom stereocenters. The van der Waals surface area contributed by atoms with E-state index in [1.807, 2.05) is 4.90 Å². The Kier molecular flexibility index (Phi) is 8.21. The molecule has 0 bridgehead atoms. The molecule has 7 heteroatoms. The molecule has 6 nitrogen and oxygen atoms in total. The average molecular weight is 457 g/mol. The SMILES string of the molecule is CC(=O)c1cccc(S(=O)(=O)NCCC(=O)N2CCC(CCc3ccc(C)cc3)CC2)c1. The van der Waals surface area contributed by atoms with Gasteiger partial charge in [0, 0.05) is 31.6 Å². The highest BCUT2D eigenvalue weighted by Gasteiger charge is 2.23. The number of likely N-dealkylation sites (tertiary alicyclic amines) is 1. The van der Waals surface area contributed by atoms with Gasteiger partial charge in [-0.05, 0) is 63.1 Å². The Morgan fingerprint density at radius 1 is 1.06 bits per heavy atom. The summed E-state index contributed by atoms with van der Waals surface area (Å²) >= 11 is 0. The molecular weight excluding hydrogens is 424 g/mol. The third-order valence-electron chi connectivity index (χ3n) is 6.11. The maximum atomic E-state index is 12.5. The summed E-state index contributed by atoms with van der Waals surface area (Å²) in [4.78, 5) is 25.9. The lowest BCUT2D eigenvalue weighted by atomic mass is 9.90. The maximum Gasteiger partial charge on any atom is 0.240 e. The topological polar surface area (TPSA) is 83.5 Å². The van der Waals surface area contributed by atoms with E-state index in [2.05, 4.69) is 35.9 Å². The molecule has 0 radical (unpaired) electrons. The van der Waals surface area contributed by atoms with Gasteiger partial charge in [0.25, 0.3) is 0 Å². The van der Waals surface area contributed by atoms with E-state index in [0.717, 1.165) is 38.8 Å². The number of sulfonamides is 1. The largest absolute Gasteiger partial charge is 0.343 e. The molecule has 1 amide bonds. The molecule has 1 fully saturated rings. The summed E-state index contributed by atoms with van der Waals surface area (Å²) in [6.07, 6.45) is 4.29. The predicted molar refractivity (Wildman–Crippen MR) is 125 cm³/mol. The van der Waals surface area contributed by atoms with Crippen molar-refractivity contribution in [3.63, 3.8) is 0 Å². The first-order valence-electron chi connectivity index (χ1n) is 11.2. The van der Waals surface area contributed by atoms with Crippen molar-refractivity contribution in [2.24, 2.45) is 5.92 Å². The van der Waals surface area contributed by atoms with E-state index >= 15 is 0 Å². The van der Waals surface area contributed by atoms with E-state index in [-0.39, 0.29) is 29.6 Å². The summed E-state index contributed by atoms with van der Waals surface area (Å²) in [5, 5.41) is 0. The van der Waals surface area contributed by atoms with Gasteiger partial charge in [0.15, 0.2) is 5.78 Å². The van der Waals surface area contributed by atoms with E-state index in [0.29, 0.717) is 11.5 Å². The average Bonchev–Trinajstić information content (AvgIpc) is 2.79. The highest BCUT2D eigenvalue weighted by atomic mass is 32.2. The summed E-state index contributed by atoms with van der Waals surface area (Å²) in [6.45, 7) is 4.98. The Bertz CT molecular complexity index is 1040. The fourth-order valence-corrected chi connectivity index (χ4v) is 5.09. The van der Waals surface area contributed by atoms with Crippen molar-refractivity contribution < 1.29 is 18.0 Å². The predicted octanol–water partition coefficient (Wildman–Crippen LogP) is 3.74. The fourth-order valence-electron chi connectivity index (χ4n) is 4.01. The molecule has 0 unspecified atom stereocenters. The second-order valence-corrected chi connectivity index (χ2v) is 10.3. The Morgan fingerprint density at radius 3 is 2.41 bits per heavy atom. The first-order valence-corrected chi connectivity index (χ1v) is 12.7. The van der Waals surface area contributed by atoms with Crippen molar-refractivity contribution >= 4 is 21.7 Å². The van der Waals surface area contributed by atoms with Gasteiger partial charge >= 0.3 is 0 Å². The Labute approximate surface area is 191 Å². The molecule has 172 valence electrons. The zero-order chi connectivity index (χ0) is 23.1. The van der Waals surface area contributed by atoms with Gasteiger partial charge in [-0.25, -0.2) is 13.1 Å². The second kappa shape index (κ2) is 10.9. The van der Waals surface area contributed by atoms with Gasteiger partial charge < -0.3 is 4.90 Å². The molecule has 0 aliphatic carbocycles. The monoisotopic (exact) mass is 456 g/mol. The number of carbonyl (C=O) groups is 2. The quantitative estimate of drug-likeness (QED) is 0.583. The van der Waals surface area contributed by atoms with E-state index in [9.17, 15) is 18.0 Å². The number of amides is 1. The number of rotatable bonds is 9. The van der Waals surface area contributed by atoms with Crippen LogP contribution in [0.15, 0.2) is 53.4 Å². The molecule has 2 aromatic rings. The van der Waals surface area contributed by atoms with Crippen LogP contribution in [0, 0.1) is 12.8 Å². The smallest absolute Gasteiger partial charge is 0.240 e. The number of nitrogens with one attached hydrogen (secondary N) is 1. The van der Waals surface area contributed by atoms with Gasteiger partial charge in [0.1, 0.15) is 0 Å². The highest BCUT2D eigenvalue weighted by Crippen LogP contribution is 2.23. The molecule has 1 aliphatic heterocycles. The molecule has 0 saturated carbocycles. The fraction of sp³-hybridized carbons (Fsp3) is 0.440. The summed E-state index contributed by atoms with van der Waals surface area (Å²) in [7, 11) is -3.76. The van der Waals surface area contributed by atoms with Crippen molar-refractivity contribution in [1.29, 1.82) is 0 Å². The Morgan fingerprint density at radius 2 is 1.75 bits per heavy atom.